The summed E-state index contributed by atoms with van der Waals surface area (Å²) >= 11 is 1.80. The molecule has 45 valence electrons. The van der Waals surface area contributed by atoms with E-state index in [9.17, 15) is 0 Å². The lowest BCUT2D eigenvalue weighted by Gasteiger charge is -1.91. The van der Waals surface area contributed by atoms with Crippen molar-refractivity contribution in [3.8, 4) is 0 Å². The van der Waals surface area contributed by atoms with Crippen molar-refractivity contribution >= 4 is 11.8 Å². The van der Waals surface area contributed by atoms with Gasteiger partial charge in [0.05, 0.1) is 0 Å². The molecule has 0 fully saturated rings. The molecule has 0 aromatic carbocycles. The minimum atomic E-state index is 1.08. The standard InChI is InChI=1S/C7H6NS/c1-3-8-5-6-2-4-9-7(1)6/h1,3-5H,2H2. The smallest absolute Gasteiger partial charge is 0.0311 e. The first-order chi connectivity index (χ1) is 4.47. The molecule has 9 heavy (non-hydrogen) atoms. The highest BCUT2D eigenvalue weighted by Gasteiger charge is 2.09. The summed E-state index contributed by atoms with van der Waals surface area (Å²) in [6.07, 6.45) is 4.85. The Bertz CT molecular complexity index is 199. The summed E-state index contributed by atoms with van der Waals surface area (Å²) in [7, 11) is 0. The van der Waals surface area contributed by atoms with Crippen molar-refractivity contribution in [3.63, 3.8) is 0 Å². The molecule has 1 aromatic heterocycles. The van der Waals surface area contributed by atoms with E-state index >= 15 is 0 Å². The van der Waals surface area contributed by atoms with E-state index in [0.29, 0.717) is 0 Å². The van der Waals surface area contributed by atoms with Crippen LogP contribution in [0.15, 0.2) is 23.4 Å². The number of hydrogen-bond donors (Lipinski definition) is 0. The third-order valence-electron chi connectivity index (χ3n) is 1.37. The molecule has 2 heterocycles. The topological polar surface area (TPSA) is 12.9 Å². The lowest BCUT2D eigenvalue weighted by molar-refractivity contribution is 1.13. The van der Waals surface area contributed by atoms with Crippen LogP contribution >= 0.6 is 11.8 Å². The van der Waals surface area contributed by atoms with Gasteiger partial charge in [0.1, 0.15) is 0 Å². The largest absolute Gasteiger partial charge is 0.264 e. The van der Waals surface area contributed by atoms with Crippen molar-refractivity contribution < 1.29 is 0 Å². The van der Waals surface area contributed by atoms with Gasteiger partial charge in [-0.05, 0) is 18.1 Å². The summed E-state index contributed by atoms with van der Waals surface area (Å²) in [6, 6.07) is 2.06. The van der Waals surface area contributed by atoms with Gasteiger partial charge in [-0.3, -0.25) is 4.98 Å². The quantitative estimate of drug-likeness (QED) is 0.540. The molecule has 0 spiro atoms. The predicted molar refractivity (Wildman–Crippen MR) is 38.1 cm³/mol. The number of nitrogens with zero attached hydrogens (tertiary/aromatic N) is 1. The van der Waals surface area contributed by atoms with Crippen molar-refractivity contribution in [2.75, 3.05) is 0 Å². The molecule has 1 radical (unpaired) electrons. The Morgan fingerprint density at radius 1 is 1.56 bits per heavy atom. The fourth-order valence-corrected chi connectivity index (χ4v) is 1.77. The van der Waals surface area contributed by atoms with Crippen LogP contribution in [0.2, 0.25) is 0 Å². The zero-order valence-electron chi connectivity index (χ0n) is 4.87. The maximum atomic E-state index is 4.02. The van der Waals surface area contributed by atoms with E-state index in [2.05, 4.69) is 16.8 Å². The Kier molecular flexibility index (Phi) is 1.19. The van der Waals surface area contributed by atoms with E-state index in [0.717, 1.165) is 6.42 Å². The lowest BCUT2D eigenvalue weighted by atomic mass is 10.2. The van der Waals surface area contributed by atoms with Crippen LogP contribution in [0.1, 0.15) is 5.56 Å². The van der Waals surface area contributed by atoms with Gasteiger partial charge in [-0.2, -0.15) is 0 Å². The summed E-state index contributed by atoms with van der Waals surface area (Å²) in [6.45, 7) is 0. The summed E-state index contributed by atoms with van der Waals surface area (Å²) in [5, 5.41) is 0. The average molecular weight is 136 g/mol. The molecule has 1 aliphatic rings. The summed E-state index contributed by atoms with van der Waals surface area (Å²) < 4.78 is 0. The Morgan fingerprint density at radius 2 is 2.56 bits per heavy atom. The third-order valence-corrected chi connectivity index (χ3v) is 2.36. The van der Waals surface area contributed by atoms with Gasteiger partial charge >= 0.3 is 0 Å². The van der Waals surface area contributed by atoms with Crippen molar-refractivity contribution in [2.45, 2.75) is 11.3 Å². The number of rotatable bonds is 0. The van der Waals surface area contributed by atoms with Gasteiger partial charge in [-0.25, -0.2) is 0 Å². The Hall–Kier alpha value is -0.500. The molecular weight excluding hydrogens is 130 g/mol. The zero-order valence-corrected chi connectivity index (χ0v) is 5.69. The molecule has 1 nitrogen and oxygen atoms in total. The van der Waals surface area contributed by atoms with Crippen LogP contribution in [0.3, 0.4) is 0 Å². The van der Waals surface area contributed by atoms with Gasteiger partial charge in [0, 0.05) is 23.0 Å². The average Bonchev–Trinajstić information content (AvgIpc) is 2.33. The highest BCUT2D eigenvalue weighted by Crippen LogP contribution is 2.32. The minimum absolute atomic E-state index is 1.08. The second kappa shape index (κ2) is 2.03. The van der Waals surface area contributed by atoms with Crippen LogP contribution in [-0.2, 0) is 6.42 Å². The van der Waals surface area contributed by atoms with E-state index in [1.807, 2.05) is 12.4 Å². The van der Waals surface area contributed by atoms with Gasteiger partial charge in [-0.1, -0.05) is 0 Å². The number of thioether (sulfide) groups is 1. The van der Waals surface area contributed by atoms with Crippen molar-refractivity contribution in [1.82, 2.24) is 4.98 Å². The molecule has 0 saturated heterocycles. The third kappa shape index (κ3) is 0.833. The predicted octanol–water partition coefficient (Wildman–Crippen LogP) is 1.89. The first-order valence-electron chi connectivity index (χ1n) is 2.88. The first kappa shape index (κ1) is 5.30. The second-order valence-corrected chi connectivity index (χ2v) is 2.98. The molecule has 0 N–H and O–H groups in total. The Morgan fingerprint density at radius 3 is 3.44 bits per heavy atom. The lowest BCUT2D eigenvalue weighted by Crippen LogP contribution is -1.78. The molecule has 0 saturated carbocycles. The maximum absolute atomic E-state index is 4.02. The summed E-state index contributed by atoms with van der Waals surface area (Å²) in [5.41, 5.74) is 1.36. The first-order valence-corrected chi connectivity index (χ1v) is 3.76. The van der Waals surface area contributed by atoms with E-state index in [1.165, 1.54) is 10.5 Å². The molecule has 0 bridgehead atoms. The fourth-order valence-electron chi connectivity index (χ4n) is 0.904. The van der Waals surface area contributed by atoms with Crippen LogP contribution in [0.4, 0.5) is 0 Å². The molecule has 0 aliphatic carbocycles. The molecule has 0 amide bonds. The summed E-state index contributed by atoms with van der Waals surface area (Å²) in [5.74, 6) is 2.20. The van der Waals surface area contributed by atoms with Gasteiger partial charge in [-0.15, -0.1) is 11.8 Å². The maximum Gasteiger partial charge on any atom is 0.0311 e. The normalized spacial score (nSPS) is 15.6. The number of pyridine rings is 1. The Labute approximate surface area is 58.5 Å². The number of aromatic nitrogens is 1. The van der Waals surface area contributed by atoms with E-state index in [4.69, 9.17) is 0 Å². The molecule has 1 aliphatic heterocycles. The van der Waals surface area contributed by atoms with Crippen LogP contribution in [-0.4, -0.2) is 4.98 Å². The van der Waals surface area contributed by atoms with E-state index in [1.54, 1.807) is 11.8 Å². The molecule has 2 rings (SSSR count). The van der Waals surface area contributed by atoms with Gasteiger partial charge in [0.25, 0.3) is 0 Å². The van der Waals surface area contributed by atoms with Gasteiger partial charge in [0.15, 0.2) is 0 Å². The number of fused-ring (bicyclic) bond motifs is 1. The molecule has 0 unspecified atom stereocenters. The van der Waals surface area contributed by atoms with Crippen LogP contribution in [0.5, 0.6) is 0 Å². The van der Waals surface area contributed by atoms with Crippen molar-refractivity contribution in [2.24, 2.45) is 0 Å². The van der Waals surface area contributed by atoms with E-state index in [-0.39, 0.29) is 0 Å². The monoisotopic (exact) mass is 136 g/mol. The highest BCUT2D eigenvalue weighted by molar-refractivity contribution is 8.01. The van der Waals surface area contributed by atoms with Crippen LogP contribution in [0.25, 0.3) is 0 Å². The van der Waals surface area contributed by atoms with Crippen LogP contribution < -0.4 is 0 Å². The summed E-state index contributed by atoms with van der Waals surface area (Å²) in [4.78, 5) is 5.39. The van der Waals surface area contributed by atoms with Crippen LogP contribution in [0, 0.1) is 5.75 Å². The van der Waals surface area contributed by atoms with Crippen molar-refractivity contribution in [1.29, 1.82) is 0 Å². The fraction of sp³-hybridized carbons (Fsp3) is 0.143. The SMILES string of the molecule is [CH]1Cc2cnccc2S1. The zero-order chi connectivity index (χ0) is 6.10. The molecule has 0 atom stereocenters. The minimum Gasteiger partial charge on any atom is -0.264 e. The van der Waals surface area contributed by atoms with Crippen molar-refractivity contribution in [3.05, 3.63) is 29.8 Å². The van der Waals surface area contributed by atoms with E-state index < -0.39 is 0 Å². The van der Waals surface area contributed by atoms with Gasteiger partial charge in [0.2, 0.25) is 0 Å². The molecular formula is C7H6NS. The Balaban J connectivity index is 2.54. The highest BCUT2D eigenvalue weighted by atomic mass is 32.2. The number of hydrogen-bond acceptors (Lipinski definition) is 2. The second-order valence-electron chi connectivity index (χ2n) is 1.97. The van der Waals surface area contributed by atoms with Gasteiger partial charge < -0.3 is 0 Å². The molecule has 2 heteroatoms. The molecule has 1 aromatic rings.